The second-order valence-corrected chi connectivity index (χ2v) is 7.75. The van der Waals surface area contributed by atoms with E-state index in [-0.39, 0.29) is 29.7 Å². The fraction of sp³-hybridized carbons (Fsp3) is 0.273. The summed E-state index contributed by atoms with van der Waals surface area (Å²) in [6, 6.07) is 2.75. The minimum absolute atomic E-state index is 0.0651. The standard InChI is InChI=1S/C22H18N2O8/c1-3-8-4-5-12(25)14-10(8)6-9-7-11-16(24-32-2)18(27)15(21(23)30)20(29)22(11,31)19(28)13(9)17(14)26/h1,4-5,9,11,25-27,31H,6-7H2,2H3,(H2,23,30)/b24-16-/t9-,11-,22-/m0/s1. The third-order valence-electron chi connectivity index (χ3n) is 6.23. The number of nitrogens with zero attached hydrogens (tertiary/aromatic N) is 1. The lowest BCUT2D eigenvalue weighted by atomic mass is 9.58. The Hall–Kier alpha value is -4.10. The predicted molar refractivity (Wildman–Crippen MR) is 109 cm³/mol. The lowest BCUT2D eigenvalue weighted by Crippen LogP contribution is -2.64. The van der Waals surface area contributed by atoms with Crippen LogP contribution in [0.25, 0.3) is 5.76 Å². The van der Waals surface area contributed by atoms with Crippen LogP contribution in [0.5, 0.6) is 5.75 Å². The molecule has 0 spiro atoms. The molecule has 4 rings (SSSR count). The molecule has 0 heterocycles. The molecule has 3 aliphatic rings. The topological polar surface area (TPSA) is 180 Å². The number of allylic oxidation sites excluding steroid dienone is 1. The van der Waals surface area contributed by atoms with E-state index >= 15 is 0 Å². The maximum atomic E-state index is 13.5. The van der Waals surface area contributed by atoms with Gasteiger partial charge in [0.05, 0.1) is 11.5 Å². The van der Waals surface area contributed by atoms with E-state index in [0.29, 0.717) is 11.1 Å². The van der Waals surface area contributed by atoms with Crippen LogP contribution in [0.1, 0.15) is 23.1 Å². The molecule has 0 unspecified atom stereocenters. The normalized spacial score (nSPS) is 28.1. The van der Waals surface area contributed by atoms with Gasteiger partial charge in [-0.2, -0.15) is 0 Å². The van der Waals surface area contributed by atoms with Crippen LogP contribution in [0, 0.1) is 24.2 Å². The number of aromatic hydroxyl groups is 1. The van der Waals surface area contributed by atoms with Gasteiger partial charge in [0.25, 0.3) is 5.91 Å². The number of ketones is 2. The average Bonchev–Trinajstić information content (AvgIpc) is 2.73. The van der Waals surface area contributed by atoms with Gasteiger partial charge in [-0.1, -0.05) is 11.1 Å². The first-order valence-corrected chi connectivity index (χ1v) is 9.50. The van der Waals surface area contributed by atoms with Gasteiger partial charge < -0.3 is 31.0 Å². The molecule has 1 aromatic rings. The second kappa shape index (κ2) is 6.96. The molecule has 164 valence electrons. The van der Waals surface area contributed by atoms with Crippen LogP contribution in [0.4, 0.5) is 0 Å². The Morgan fingerprint density at radius 1 is 1.25 bits per heavy atom. The van der Waals surface area contributed by atoms with Gasteiger partial charge in [0.15, 0.2) is 11.4 Å². The zero-order valence-electron chi connectivity index (χ0n) is 16.7. The van der Waals surface area contributed by atoms with Crippen LogP contribution >= 0.6 is 0 Å². The van der Waals surface area contributed by atoms with Crippen LogP contribution in [0.15, 0.2) is 34.2 Å². The largest absolute Gasteiger partial charge is 0.507 e. The molecule has 0 saturated heterocycles. The number of Topliss-reactive ketones (excluding diaryl/α,β-unsaturated/α-hetero) is 2. The van der Waals surface area contributed by atoms with Crippen LogP contribution in [0.3, 0.4) is 0 Å². The Labute approximate surface area is 181 Å². The van der Waals surface area contributed by atoms with Crippen molar-refractivity contribution in [2.75, 3.05) is 7.11 Å². The number of benzene rings is 1. The average molecular weight is 438 g/mol. The van der Waals surface area contributed by atoms with Crippen molar-refractivity contribution in [3.05, 3.63) is 45.7 Å². The number of fused-ring (bicyclic) bond motifs is 3. The number of hydrogen-bond acceptors (Lipinski definition) is 9. The predicted octanol–water partition coefficient (Wildman–Crippen LogP) is 0.0175. The number of carbonyl (C=O) groups excluding carboxylic acids is 3. The van der Waals surface area contributed by atoms with Crippen molar-refractivity contribution >= 4 is 28.9 Å². The molecular weight excluding hydrogens is 420 g/mol. The van der Waals surface area contributed by atoms with Crippen molar-refractivity contribution in [1.82, 2.24) is 0 Å². The summed E-state index contributed by atoms with van der Waals surface area (Å²) >= 11 is 0. The molecule has 10 nitrogen and oxygen atoms in total. The fourth-order valence-electron chi connectivity index (χ4n) is 4.83. The Balaban J connectivity index is 1.99. The number of rotatable bonds is 2. The first-order chi connectivity index (χ1) is 15.1. The van der Waals surface area contributed by atoms with Crippen LogP contribution in [-0.4, -0.2) is 56.3 Å². The molecule has 1 fully saturated rings. The maximum absolute atomic E-state index is 13.5. The summed E-state index contributed by atoms with van der Waals surface area (Å²) in [5.41, 5.74) is 1.38. The molecule has 0 aliphatic heterocycles. The Kier molecular flexibility index (Phi) is 4.60. The minimum atomic E-state index is -2.87. The van der Waals surface area contributed by atoms with Gasteiger partial charge in [0.1, 0.15) is 29.9 Å². The van der Waals surface area contributed by atoms with Gasteiger partial charge in [-0.25, -0.2) is 0 Å². The first-order valence-electron chi connectivity index (χ1n) is 9.50. The maximum Gasteiger partial charge on any atom is 0.256 e. The molecule has 3 aliphatic carbocycles. The van der Waals surface area contributed by atoms with Crippen molar-refractivity contribution in [3.63, 3.8) is 0 Å². The van der Waals surface area contributed by atoms with Crippen LogP contribution in [-0.2, 0) is 25.6 Å². The summed E-state index contributed by atoms with van der Waals surface area (Å²) in [4.78, 5) is 43.0. The van der Waals surface area contributed by atoms with Gasteiger partial charge in [0, 0.05) is 11.1 Å². The number of terminal acetylenes is 1. The van der Waals surface area contributed by atoms with Gasteiger partial charge in [-0.05, 0) is 36.5 Å². The van der Waals surface area contributed by atoms with Crippen LogP contribution in [0.2, 0.25) is 0 Å². The molecule has 1 aromatic carbocycles. The number of phenolic OH excluding ortho intramolecular Hbond substituents is 1. The minimum Gasteiger partial charge on any atom is -0.507 e. The summed E-state index contributed by atoms with van der Waals surface area (Å²) < 4.78 is 0. The number of phenols is 1. The smallest absolute Gasteiger partial charge is 0.256 e. The highest BCUT2D eigenvalue weighted by Gasteiger charge is 2.64. The molecular formula is C22H18N2O8. The van der Waals surface area contributed by atoms with Gasteiger partial charge in [0.2, 0.25) is 11.6 Å². The number of hydrogen-bond donors (Lipinski definition) is 5. The van der Waals surface area contributed by atoms with E-state index in [1.807, 2.05) is 0 Å². The molecule has 10 heteroatoms. The van der Waals surface area contributed by atoms with E-state index in [9.17, 15) is 34.8 Å². The first kappa shape index (κ1) is 21.1. The zero-order chi connectivity index (χ0) is 23.5. The zero-order valence-corrected chi connectivity index (χ0v) is 16.7. The summed E-state index contributed by atoms with van der Waals surface area (Å²) in [6.45, 7) is 0. The van der Waals surface area contributed by atoms with Crippen molar-refractivity contribution in [3.8, 4) is 18.1 Å². The van der Waals surface area contributed by atoms with E-state index in [1.165, 1.54) is 12.1 Å². The van der Waals surface area contributed by atoms with Gasteiger partial charge in [-0.15, -0.1) is 6.42 Å². The molecule has 0 bridgehead atoms. The number of carbonyl (C=O) groups is 3. The molecule has 0 radical (unpaired) electrons. The molecule has 1 saturated carbocycles. The lowest BCUT2D eigenvalue weighted by Gasteiger charge is -2.45. The van der Waals surface area contributed by atoms with E-state index in [1.54, 1.807) is 0 Å². The van der Waals surface area contributed by atoms with Crippen molar-refractivity contribution < 1.29 is 39.6 Å². The van der Waals surface area contributed by atoms with E-state index in [2.05, 4.69) is 11.1 Å². The third kappa shape index (κ3) is 2.52. The lowest BCUT2D eigenvalue weighted by molar-refractivity contribution is -0.153. The Morgan fingerprint density at radius 3 is 2.53 bits per heavy atom. The van der Waals surface area contributed by atoms with Crippen LogP contribution < -0.4 is 5.73 Å². The molecule has 1 amide bonds. The highest BCUT2D eigenvalue weighted by Crippen LogP contribution is 2.50. The third-order valence-corrected chi connectivity index (χ3v) is 6.23. The number of amides is 1. The highest BCUT2D eigenvalue weighted by atomic mass is 16.6. The SMILES string of the molecule is C#Cc1ccc(O)c2c1C[C@H]1C[C@H]3/C(=N/OC)C(O)=C(C(N)=O)C(=O)[C@@]3(O)C(=O)C1=C2O. The number of oxime groups is 1. The Bertz CT molecular complexity index is 1250. The number of primary amides is 1. The molecule has 6 N–H and O–H groups in total. The summed E-state index contributed by atoms with van der Waals surface area (Å²) in [6.07, 6.45) is 5.50. The van der Waals surface area contributed by atoms with E-state index in [4.69, 9.17) is 17.0 Å². The summed E-state index contributed by atoms with van der Waals surface area (Å²) in [7, 11) is 1.14. The van der Waals surface area contributed by atoms with Crippen molar-refractivity contribution in [2.24, 2.45) is 22.7 Å². The van der Waals surface area contributed by atoms with Crippen molar-refractivity contribution in [2.45, 2.75) is 18.4 Å². The Morgan fingerprint density at radius 2 is 1.94 bits per heavy atom. The molecule has 0 aromatic heterocycles. The highest BCUT2D eigenvalue weighted by molar-refractivity contribution is 6.38. The van der Waals surface area contributed by atoms with E-state index < -0.39 is 57.7 Å². The van der Waals surface area contributed by atoms with E-state index in [0.717, 1.165) is 7.11 Å². The quantitative estimate of drug-likeness (QED) is 0.185. The van der Waals surface area contributed by atoms with Gasteiger partial charge >= 0.3 is 0 Å². The van der Waals surface area contributed by atoms with Crippen molar-refractivity contribution in [1.29, 1.82) is 0 Å². The number of nitrogens with two attached hydrogens (primary N) is 1. The molecule has 32 heavy (non-hydrogen) atoms. The summed E-state index contributed by atoms with van der Waals surface area (Å²) in [5, 5.41) is 46.6. The van der Waals surface area contributed by atoms with Gasteiger partial charge in [-0.3, -0.25) is 14.4 Å². The molecule has 3 atom stereocenters. The monoisotopic (exact) mass is 438 g/mol. The summed E-state index contributed by atoms with van der Waals surface area (Å²) in [5.74, 6) is -5.49. The second-order valence-electron chi connectivity index (χ2n) is 7.75. The number of aliphatic hydroxyl groups excluding tert-OH is 2. The fourth-order valence-corrected chi connectivity index (χ4v) is 4.83. The number of aliphatic hydroxyl groups is 3.